The number of thiophene rings is 1. The van der Waals surface area contributed by atoms with Crippen LogP contribution in [0.25, 0.3) is 0 Å². The number of nitriles is 1. The normalized spacial score (nSPS) is 15.1. The average molecular weight is 273 g/mol. The van der Waals surface area contributed by atoms with E-state index in [1.165, 1.54) is 4.88 Å². The zero-order valence-corrected chi connectivity index (χ0v) is 10.9. The van der Waals surface area contributed by atoms with Crippen molar-refractivity contribution in [2.45, 2.75) is 18.9 Å². The van der Waals surface area contributed by atoms with E-state index in [0.29, 0.717) is 0 Å². The van der Waals surface area contributed by atoms with Crippen molar-refractivity contribution in [2.24, 2.45) is 0 Å². The van der Waals surface area contributed by atoms with Gasteiger partial charge >= 0.3 is 0 Å². The smallest absolute Gasteiger partial charge is 0.105 e. The maximum atomic E-state index is 9.04. The molecular weight excluding hydrogens is 260 g/mol. The van der Waals surface area contributed by atoms with E-state index < -0.39 is 0 Å². The molecule has 0 spiro atoms. The third kappa shape index (κ3) is 2.57. The Morgan fingerprint density at radius 1 is 1.50 bits per heavy atom. The number of hydrogen-bond donors (Lipinski definition) is 0. The number of likely N-dealkylation sites (N-methyl/N-ethyl adjacent to an activating group) is 1. The Morgan fingerprint density at radius 3 is 2.50 bits per heavy atom. The maximum absolute atomic E-state index is 9.04. The summed E-state index contributed by atoms with van der Waals surface area (Å²) in [6.45, 7) is 2.09. The monoisotopic (exact) mass is 272 g/mol. The second kappa shape index (κ2) is 4.92. The van der Waals surface area contributed by atoms with Gasteiger partial charge in [0.15, 0.2) is 0 Å². The molecular formula is C10H13BrN2S. The zero-order valence-electron chi connectivity index (χ0n) is 8.49. The van der Waals surface area contributed by atoms with E-state index in [4.69, 9.17) is 5.26 Å². The summed E-state index contributed by atoms with van der Waals surface area (Å²) < 4.78 is 1.12. The highest BCUT2D eigenvalue weighted by Gasteiger charge is 2.21. The van der Waals surface area contributed by atoms with E-state index in [9.17, 15) is 0 Å². The lowest BCUT2D eigenvalue weighted by Crippen LogP contribution is -2.30. The largest absolute Gasteiger partial charge is 0.294 e. The number of hydrogen-bond acceptors (Lipinski definition) is 3. The van der Waals surface area contributed by atoms with Gasteiger partial charge in [-0.2, -0.15) is 5.26 Å². The molecule has 0 bridgehead atoms. The predicted molar refractivity (Wildman–Crippen MR) is 63.5 cm³/mol. The zero-order chi connectivity index (χ0) is 10.7. The summed E-state index contributed by atoms with van der Waals surface area (Å²) in [7, 11) is 3.88. The quantitative estimate of drug-likeness (QED) is 0.846. The molecule has 76 valence electrons. The number of halogens is 1. The Kier molecular flexibility index (Phi) is 4.11. The van der Waals surface area contributed by atoms with Crippen molar-refractivity contribution in [3.05, 3.63) is 20.8 Å². The minimum Gasteiger partial charge on any atom is -0.294 e. The lowest BCUT2D eigenvalue weighted by atomic mass is 10.0. The third-order valence-electron chi connectivity index (χ3n) is 2.20. The van der Waals surface area contributed by atoms with Crippen LogP contribution in [0.15, 0.2) is 15.9 Å². The molecule has 0 N–H and O–H groups in total. The highest BCUT2D eigenvalue weighted by Crippen LogP contribution is 2.31. The molecule has 0 aromatic carbocycles. The fourth-order valence-corrected chi connectivity index (χ4v) is 2.91. The molecule has 2 atom stereocenters. The maximum Gasteiger partial charge on any atom is 0.105 e. The molecule has 14 heavy (non-hydrogen) atoms. The van der Waals surface area contributed by atoms with Crippen LogP contribution in [-0.4, -0.2) is 25.0 Å². The Balaban J connectivity index is 2.84. The highest BCUT2D eigenvalue weighted by atomic mass is 79.9. The summed E-state index contributed by atoms with van der Waals surface area (Å²) in [5, 5.41) is 9.04. The standard InChI is InChI=1S/C10H13BrN2S/c1-7(8(6-12)13(2)3)9-4-5-10(11)14-9/h4-5,7-8H,1-3H3. The van der Waals surface area contributed by atoms with Crippen molar-refractivity contribution >= 4 is 27.3 Å². The first-order valence-electron chi connectivity index (χ1n) is 4.37. The number of nitrogens with zero attached hydrogens (tertiary/aromatic N) is 2. The summed E-state index contributed by atoms with van der Waals surface area (Å²) in [5.74, 6) is 0.256. The molecule has 0 aliphatic rings. The first kappa shape index (κ1) is 11.7. The van der Waals surface area contributed by atoms with Crippen molar-refractivity contribution in [2.75, 3.05) is 14.1 Å². The van der Waals surface area contributed by atoms with E-state index in [1.807, 2.05) is 25.1 Å². The van der Waals surface area contributed by atoms with Gasteiger partial charge in [-0.25, -0.2) is 0 Å². The lowest BCUT2D eigenvalue weighted by molar-refractivity contribution is 0.318. The molecule has 0 saturated heterocycles. The molecule has 1 heterocycles. The van der Waals surface area contributed by atoms with Gasteiger partial charge in [-0.05, 0) is 42.2 Å². The molecule has 1 rings (SSSR count). The molecule has 4 heteroatoms. The summed E-state index contributed by atoms with van der Waals surface area (Å²) in [6.07, 6.45) is 0. The first-order valence-corrected chi connectivity index (χ1v) is 5.98. The minimum atomic E-state index is -0.0550. The van der Waals surface area contributed by atoms with Gasteiger partial charge in [0.1, 0.15) is 6.04 Å². The van der Waals surface area contributed by atoms with Crippen LogP contribution in [0.2, 0.25) is 0 Å². The Hall–Kier alpha value is -0.370. The van der Waals surface area contributed by atoms with Crippen LogP contribution < -0.4 is 0 Å². The Morgan fingerprint density at radius 2 is 2.14 bits per heavy atom. The lowest BCUT2D eigenvalue weighted by Gasteiger charge is -2.22. The highest BCUT2D eigenvalue weighted by molar-refractivity contribution is 9.11. The molecule has 1 aromatic rings. The molecule has 0 fully saturated rings. The van der Waals surface area contributed by atoms with Gasteiger partial charge in [-0.15, -0.1) is 11.3 Å². The second-order valence-electron chi connectivity index (χ2n) is 3.47. The fourth-order valence-electron chi connectivity index (χ4n) is 1.40. The van der Waals surface area contributed by atoms with Gasteiger partial charge in [-0.1, -0.05) is 6.92 Å². The third-order valence-corrected chi connectivity index (χ3v) is 4.03. The Bertz CT molecular complexity index is 340. The van der Waals surface area contributed by atoms with Crippen molar-refractivity contribution in [1.82, 2.24) is 4.90 Å². The van der Waals surface area contributed by atoms with Crippen LogP contribution in [0, 0.1) is 11.3 Å². The van der Waals surface area contributed by atoms with Crippen LogP contribution in [0.1, 0.15) is 17.7 Å². The van der Waals surface area contributed by atoms with Crippen LogP contribution >= 0.6 is 27.3 Å². The van der Waals surface area contributed by atoms with Crippen molar-refractivity contribution in [1.29, 1.82) is 5.26 Å². The number of rotatable bonds is 3. The SMILES string of the molecule is CC(c1ccc(Br)s1)C(C#N)N(C)C. The molecule has 0 aliphatic heterocycles. The summed E-state index contributed by atoms with van der Waals surface area (Å²) in [5.41, 5.74) is 0. The van der Waals surface area contributed by atoms with Gasteiger partial charge in [0.25, 0.3) is 0 Å². The molecule has 0 saturated carbocycles. The molecule has 0 radical (unpaired) electrons. The minimum absolute atomic E-state index is 0.0550. The summed E-state index contributed by atoms with van der Waals surface area (Å²) in [4.78, 5) is 3.20. The predicted octanol–water partition coefficient (Wildman–Crippen LogP) is 3.07. The van der Waals surface area contributed by atoms with E-state index in [-0.39, 0.29) is 12.0 Å². The van der Waals surface area contributed by atoms with Gasteiger partial charge in [-0.3, -0.25) is 4.90 Å². The van der Waals surface area contributed by atoms with Gasteiger partial charge in [0, 0.05) is 10.8 Å². The van der Waals surface area contributed by atoms with Gasteiger partial charge in [0.05, 0.1) is 9.86 Å². The second-order valence-corrected chi connectivity index (χ2v) is 5.96. The molecule has 2 unspecified atom stereocenters. The van der Waals surface area contributed by atoms with Crippen LogP contribution in [0.5, 0.6) is 0 Å². The first-order chi connectivity index (χ1) is 6.56. The summed E-state index contributed by atoms with van der Waals surface area (Å²) in [6, 6.07) is 6.38. The van der Waals surface area contributed by atoms with Crippen molar-refractivity contribution in [3.8, 4) is 6.07 Å². The van der Waals surface area contributed by atoms with E-state index >= 15 is 0 Å². The van der Waals surface area contributed by atoms with Crippen LogP contribution in [0.4, 0.5) is 0 Å². The van der Waals surface area contributed by atoms with E-state index in [2.05, 4.69) is 35.0 Å². The average Bonchev–Trinajstić information content (AvgIpc) is 2.52. The van der Waals surface area contributed by atoms with Crippen LogP contribution in [0.3, 0.4) is 0 Å². The molecule has 1 aromatic heterocycles. The van der Waals surface area contributed by atoms with Gasteiger partial charge < -0.3 is 0 Å². The van der Waals surface area contributed by atoms with Gasteiger partial charge in [0.2, 0.25) is 0 Å². The Labute approximate surface area is 97.3 Å². The van der Waals surface area contributed by atoms with Crippen molar-refractivity contribution < 1.29 is 0 Å². The van der Waals surface area contributed by atoms with E-state index in [1.54, 1.807) is 11.3 Å². The summed E-state index contributed by atoms with van der Waals surface area (Å²) >= 11 is 5.13. The molecule has 2 nitrogen and oxygen atoms in total. The topological polar surface area (TPSA) is 27.0 Å². The van der Waals surface area contributed by atoms with Crippen LogP contribution in [-0.2, 0) is 0 Å². The molecule has 0 amide bonds. The molecule has 0 aliphatic carbocycles. The van der Waals surface area contributed by atoms with Crippen molar-refractivity contribution in [3.63, 3.8) is 0 Å². The fraction of sp³-hybridized carbons (Fsp3) is 0.500. The van der Waals surface area contributed by atoms with E-state index in [0.717, 1.165) is 3.79 Å².